The van der Waals surface area contributed by atoms with Gasteiger partial charge in [0.05, 0.1) is 0 Å². The zero-order valence-electron chi connectivity index (χ0n) is 62.5. The molecule has 0 spiro atoms. The van der Waals surface area contributed by atoms with E-state index in [9.17, 15) is 0 Å². The van der Waals surface area contributed by atoms with Gasteiger partial charge < -0.3 is 24.5 Å². The molecule has 18 rings (SSSR count). The Balaban J connectivity index is 0.000000114. The van der Waals surface area contributed by atoms with E-state index in [0.717, 1.165) is 28.4 Å². The second-order valence-electron chi connectivity index (χ2n) is 29.5. The third-order valence-electron chi connectivity index (χ3n) is 22.2. The lowest BCUT2D eigenvalue weighted by Gasteiger charge is -2.26. The average molecular weight is 1370 g/mol. The van der Waals surface area contributed by atoms with Gasteiger partial charge in [-0.15, -0.1) is 0 Å². The van der Waals surface area contributed by atoms with Crippen LogP contribution in [0.25, 0.3) is 55.3 Å². The summed E-state index contributed by atoms with van der Waals surface area (Å²) in [4.78, 5) is 11.3. The molecule has 0 atom stereocenters. The van der Waals surface area contributed by atoms with Gasteiger partial charge in [-0.2, -0.15) is 0 Å². The van der Waals surface area contributed by atoms with Gasteiger partial charge >= 0.3 is 0 Å². The molecule has 0 saturated carbocycles. The highest BCUT2D eigenvalue weighted by atomic mass is 15.1. The number of hydrogen-bond donors (Lipinski definition) is 0. The number of rotatable bonds is 12. The van der Waals surface area contributed by atoms with Crippen LogP contribution in [0.3, 0.4) is 0 Å². The first-order chi connectivity index (χ1) is 51.6. The van der Waals surface area contributed by atoms with Gasteiger partial charge in [0.15, 0.2) is 0 Å². The van der Waals surface area contributed by atoms with Gasteiger partial charge in [0.25, 0.3) is 0 Å². The summed E-state index contributed by atoms with van der Waals surface area (Å²) < 4.78 is 0. The van der Waals surface area contributed by atoms with E-state index in [1.54, 1.807) is 0 Å². The zero-order valence-corrected chi connectivity index (χ0v) is 62.5. The van der Waals surface area contributed by atoms with E-state index < -0.39 is 0 Å². The summed E-state index contributed by atoms with van der Waals surface area (Å²) >= 11 is 0. The molecule has 0 fully saturated rings. The number of anilines is 11. The van der Waals surface area contributed by atoms with Crippen LogP contribution < -0.4 is 24.5 Å². The molecule has 0 aromatic heterocycles. The van der Waals surface area contributed by atoms with E-state index >= 15 is 0 Å². The molecule has 3 aliphatic rings. The van der Waals surface area contributed by atoms with Crippen molar-refractivity contribution >= 4 is 73.3 Å². The zero-order chi connectivity index (χ0) is 73.1. The van der Waals surface area contributed by atoms with Crippen molar-refractivity contribution in [1.82, 2.24) is 0 Å². The van der Waals surface area contributed by atoms with Crippen LogP contribution in [0.5, 0.6) is 0 Å². The molecular weight excluding hydrogens is 1280 g/mol. The van der Waals surface area contributed by atoms with Gasteiger partial charge in [-0.25, -0.2) is 0 Å². The summed E-state index contributed by atoms with van der Waals surface area (Å²) in [6.07, 6.45) is 0. The van der Waals surface area contributed by atoms with Crippen molar-refractivity contribution in [3.8, 4) is 44.5 Å². The highest BCUT2D eigenvalue weighted by Crippen LogP contribution is 2.54. The monoisotopic (exact) mass is 1370 g/mol. The molecule has 0 amide bonds. The standard InChI is InChI=1S/C31H26N2.C26H23N.2C22H21N/c1-32(27-19-17-26(18-20-27)25-11-5-2-6-12-25)28-21-23-31(24-22-28)33(29-13-7-3-8-14-29)30-15-9-4-10-16-30;1-26(2)23-13-7-6-12-21(23)22-17-19(15-16-24(22)26)27(3)25-14-8-10-18-9-4-5-11-20(18)25;1-22(2)18-13-8-7-12-17(18)21-19(22)14-9-15-20(21)23(3)16-10-5-4-6-11-16;1-22(2)20-12-8-7-11-18(20)19-15-17(13-14-21(19)22)23(3)16-9-5-4-6-10-16/h2-24H,1H3;4-17H,1-3H3;2*4-15H,1-3H3. The maximum absolute atomic E-state index is 2.35. The quantitative estimate of drug-likeness (QED) is 0.121. The summed E-state index contributed by atoms with van der Waals surface area (Å²) in [5.74, 6) is 0. The predicted octanol–water partition coefficient (Wildman–Crippen LogP) is 27.0. The Morgan fingerprint density at radius 2 is 0.500 bits per heavy atom. The van der Waals surface area contributed by atoms with Crippen molar-refractivity contribution in [3.05, 3.63) is 403 Å². The lowest BCUT2D eigenvalue weighted by Crippen LogP contribution is -2.15. The predicted molar refractivity (Wildman–Crippen MR) is 454 cm³/mol. The largest absolute Gasteiger partial charge is 0.345 e. The van der Waals surface area contributed by atoms with Crippen LogP contribution in [0.2, 0.25) is 0 Å². The molecule has 5 heteroatoms. The van der Waals surface area contributed by atoms with E-state index in [0.29, 0.717) is 0 Å². The molecule has 520 valence electrons. The van der Waals surface area contributed by atoms with E-state index in [4.69, 9.17) is 0 Å². The maximum atomic E-state index is 2.35. The number of hydrogen-bond acceptors (Lipinski definition) is 5. The molecule has 0 N–H and O–H groups in total. The first-order valence-corrected chi connectivity index (χ1v) is 37.0. The Labute approximate surface area is 627 Å². The second-order valence-corrected chi connectivity index (χ2v) is 29.5. The van der Waals surface area contributed by atoms with Crippen molar-refractivity contribution in [2.45, 2.75) is 57.8 Å². The molecule has 0 bridgehead atoms. The molecule has 15 aromatic carbocycles. The van der Waals surface area contributed by atoms with Crippen LogP contribution in [0.4, 0.5) is 62.6 Å². The third-order valence-corrected chi connectivity index (χ3v) is 22.2. The maximum Gasteiger partial charge on any atom is 0.0491 e. The van der Waals surface area contributed by atoms with Crippen molar-refractivity contribution in [2.24, 2.45) is 0 Å². The smallest absolute Gasteiger partial charge is 0.0491 e. The molecule has 5 nitrogen and oxygen atoms in total. The van der Waals surface area contributed by atoms with Crippen LogP contribution in [-0.2, 0) is 16.2 Å². The number of para-hydroxylation sites is 4. The highest BCUT2D eigenvalue weighted by Gasteiger charge is 2.39. The molecule has 0 unspecified atom stereocenters. The number of fused-ring (bicyclic) bond motifs is 10. The van der Waals surface area contributed by atoms with Crippen molar-refractivity contribution in [1.29, 1.82) is 0 Å². The van der Waals surface area contributed by atoms with Gasteiger partial charge in [-0.1, -0.05) is 290 Å². The van der Waals surface area contributed by atoms with Crippen LogP contribution in [0, 0.1) is 0 Å². The van der Waals surface area contributed by atoms with Crippen molar-refractivity contribution < 1.29 is 0 Å². The Bertz CT molecular complexity index is 5510. The first kappa shape index (κ1) is 69.3. The minimum atomic E-state index is 0.0550. The lowest BCUT2D eigenvalue weighted by molar-refractivity contribution is 0.660. The van der Waals surface area contributed by atoms with Gasteiger partial charge in [-0.3, -0.25) is 0 Å². The van der Waals surface area contributed by atoms with Gasteiger partial charge in [0.2, 0.25) is 0 Å². The van der Waals surface area contributed by atoms with Crippen LogP contribution in [0.1, 0.15) is 74.9 Å². The Hall–Kier alpha value is -12.4. The molecule has 0 radical (unpaired) electrons. The molecule has 0 aliphatic heterocycles. The second kappa shape index (κ2) is 29.4. The van der Waals surface area contributed by atoms with Crippen LogP contribution in [-0.4, -0.2) is 28.2 Å². The minimum Gasteiger partial charge on any atom is -0.345 e. The highest BCUT2D eigenvalue weighted by molar-refractivity contribution is 5.97. The van der Waals surface area contributed by atoms with E-state index in [2.05, 4.69) is 446 Å². The first-order valence-electron chi connectivity index (χ1n) is 37.0. The normalized spacial score (nSPS) is 13.0. The summed E-state index contributed by atoms with van der Waals surface area (Å²) in [6, 6.07) is 132. The summed E-state index contributed by atoms with van der Waals surface area (Å²) in [7, 11) is 8.55. The van der Waals surface area contributed by atoms with Crippen molar-refractivity contribution in [3.63, 3.8) is 0 Å². The molecule has 106 heavy (non-hydrogen) atoms. The Morgan fingerprint density at radius 1 is 0.198 bits per heavy atom. The topological polar surface area (TPSA) is 16.2 Å². The van der Waals surface area contributed by atoms with Gasteiger partial charge in [0.1, 0.15) is 0 Å². The van der Waals surface area contributed by atoms with E-state index in [1.165, 1.54) is 123 Å². The summed E-state index contributed by atoms with van der Waals surface area (Å²) in [5, 5.41) is 2.55. The molecule has 0 heterocycles. The molecule has 0 saturated heterocycles. The van der Waals surface area contributed by atoms with E-state index in [1.807, 2.05) is 18.2 Å². The van der Waals surface area contributed by atoms with Crippen molar-refractivity contribution in [2.75, 3.05) is 52.7 Å². The molecule has 3 aliphatic carbocycles. The molecular formula is C101H91N5. The fraction of sp³-hybridized carbons (Fsp3) is 0.129. The van der Waals surface area contributed by atoms with Crippen LogP contribution >= 0.6 is 0 Å². The fourth-order valence-electron chi connectivity index (χ4n) is 16.2. The van der Waals surface area contributed by atoms with E-state index in [-0.39, 0.29) is 16.2 Å². The van der Waals surface area contributed by atoms with Crippen LogP contribution in [0.15, 0.2) is 370 Å². The summed E-state index contributed by atoms with van der Waals surface area (Å²) in [5.41, 5.74) is 32.5. The number of nitrogens with zero attached hydrogens (tertiary/aromatic N) is 5. The minimum absolute atomic E-state index is 0.0550. The fourth-order valence-corrected chi connectivity index (χ4v) is 16.2. The third kappa shape index (κ3) is 13.3. The number of benzene rings is 15. The van der Waals surface area contributed by atoms with Gasteiger partial charge in [0, 0.05) is 118 Å². The SMILES string of the molecule is CN(c1ccc(-c2ccccc2)cc1)c1ccc(N(c2ccccc2)c2ccccc2)cc1.CN(c1ccc2c(c1)-c1ccccc1C2(C)C)c1cccc2ccccc12.CN(c1ccccc1)c1ccc2c(c1)-c1ccccc1C2(C)C.CN(c1ccccc1)c1cccc2c1-c1ccccc1C2(C)C. The summed E-state index contributed by atoms with van der Waals surface area (Å²) in [6.45, 7) is 13.9. The Kier molecular flexibility index (Phi) is 19.2. The van der Waals surface area contributed by atoms with Gasteiger partial charge in [-0.05, 0) is 199 Å². The average Bonchev–Trinajstić information content (AvgIpc) is 1.59. The molecule has 15 aromatic rings. The lowest BCUT2D eigenvalue weighted by atomic mass is 9.82. The Morgan fingerprint density at radius 3 is 1.03 bits per heavy atom.